The van der Waals surface area contributed by atoms with E-state index in [1.807, 2.05) is 26.8 Å². The summed E-state index contributed by atoms with van der Waals surface area (Å²) in [7, 11) is 0. The Morgan fingerprint density at radius 1 is 1.03 bits per heavy atom. The number of anilines is 1. The summed E-state index contributed by atoms with van der Waals surface area (Å²) in [6.45, 7) is 9.43. The second-order valence-electron chi connectivity index (χ2n) is 10.4. The number of benzene rings is 2. The lowest BCUT2D eigenvalue weighted by molar-refractivity contribution is 0.0306. The van der Waals surface area contributed by atoms with Crippen LogP contribution in [0.1, 0.15) is 56.2 Å². The van der Waals surface area contributed by atoms with E-state index in [0.29, 0.717) is 37.7 Å². The second-order valence-corrected chi connectivity index (χ2v) is 10.4. The number of carbonyl (C=O) groups is 2. The number of carbonyl (C=O) groups excluding carboxylic acids is 2. The first-order valence-electron chi connectivity index (χ1n) is 12.2. The van der Waals surface area contributed by atoms with Gasteiger partial charge >= 0.3 is 12.1 Å². The van der Waals surface area contributed by atoms with Gasteiger partial charge in [0.25, 0.3) is 0 Å². The highest BCUT2D eigenvalue weighted by molar-refractivity contribution is 5.94. The summed E-state index contributed by atoms with van der Waals surface area (Å²) in [5.41, 5.74) is 3.45. The van der Waals surface area contributed by atoms with Gasteiger partial charge in [-0.2, -0.15) is 0 Å². The van der Waals surface area contributed by atoms with Crippen molar-refractivity contribution in [3.05, 3.63) is 71.0 Å². The number of halogens is 1. The number of rotatable bonds is 3. The Hall–Kier alpha value is -3.35. The fourth-order valence-electron chi connectivity index (χ4n) is 4.58. The molecule has 1 N–H and O–H groups in total. The molecule has 2 aliphatic rings. The molecular formula is C28H34FN3O3. The molecule has 2 aliphatic heterocycles. The van der Waals surface area contributed by atoms with E-state index in [1.165, 1.54) is 17.2 Å². The number of nitrogens with one attached hydrogen (secondary N) is 1. The average Bonchev–Trinajstić information content (AvgIpc) is 3.30. The molecule has 0 atom stereocenters. The van der Waals surface area contributed by atoms with Crippen LogP contribution in [0.5, 0.6) is 0 Å². The summed E-state index contributed by atoms with van der Waals surface area (Å²) in [5, 5.41) is 2.81. The summed E-state index contributed by atoms with van der Waals surface area (Å²) >= 11 is 0. The molecule has 35 heavy (non-hydrogen) atoms. The van der Waals surface area contributed by atoms with Gasteiger partial charge in [-0.3, -0.25) is 0 Å². The molecule has 0 unspecified atom stereocenters. The lowest BCUT2D eigenvalue weighted by atomic mass is 9.89. The van der Waals surface area contributed by atoms with E-state index in [9.17, 15) is 14.0 Å². The van der Waals surface area contributed by atoms with Crippen molar-refractivity contribution >= 4 is 23.4 Å². The fraction of sp³-hybridized carbons (Fsp3) is 0.429. The minimum atomic E-state index is -0.593. The molecule has 1 fully saturated rings. The molecule has 2 aromatic carbocycles. The van der Waals surface area contributed by atoms with E-state index in [1.54, 1.807) is 21.9 Å². The van der Waals surface area contributed by atoms with Gasteiger partial charge in [-0.15, -0.1) is 0 Å². The number of hydrogen-bond acceptors (Lipinski definition) is 3. The quantitative estimate of drug-likeness (QED) is 0.572. The normalized spacial score (nSPS) is 16.8. The predicted molar refractivity (Wildman–Crippen MR) is 136 cm³/mol. The van der Waals surface area contributed by atoms with Crippen molar-refractivity contribution in [3.63, 3.8) is 0 Å². The molecule has 186 valence electrons. The van der Waals surface area contributed by atoms with E-state index in [4.69, 9.17) is 4.74 Å². The lowest BCUT2D eigenvalue weighted by Crippen LogP contribution is -2.40. The number of para-hydroxylation sites is 1. The van der Waals surface area contributed by atoms with Crippen molar-refractivity contribution in [2.75, 3.05) is 31.5 Å². The van der Waals surface area contributed by atoms with Crippen LogP contribution in [0.3, 0.4) is 0 Å². The number of nitrogens with zero attached hydrogens (tertiary/aromatic N) is 2. The molecule has 6 nitrogen and oxygen atoms in total. The minimum absolute atomic E-state index is 0.149. The van der Waals surface area contributed by atoms with Gasteiger partial charge in [0, 0.05) is 31.7 Å². The van der Waals surface area contributed by atoms with Crippen LogP contribution in [0.25, 0.3) is 5.57 Å². The average molecular weight is 480 g/mol. The van der Waals surface area contributed by atoms with Crippen molar-refractivity contribution < 1.29 is 18.7 Å². The standard InChI is InChI=1S/C28H34FN3O3/c1-19-8-10-20(11-9-19)21-12-15-31(16-13-21)26(33)30-25-23(6-5-7-24(25)29)22-14-17-32(18-22)27(34)35-28(2,3)4/h5-11,14,21H,12-13,15-18H2,1-4H3,(H,30,33). The highest BCUT2D eigenvalue weighted by Gasteiger charge is 2.29. The summed E-state index contributed by atoms with van der Waals surface area (Å²) in [6.07, 6.45) is 3.21. The third-order valence-corrected chi connectivity index (χ3v) is 6.49. The molecule has 0 saturated carbocycles. The molecule has 2 heterocycles. The van der Waals surface area contributed by atoms with E-state index in [-0.39, 0.29) is 11.7 Å². The van der Waals surface area contributed by atoms with Gasteiger partial charge in [0.05, 0.1) is 5.69 Å². The van der Waals surface area contributed by atoms with Crippen LogP contribution in [0.4, 0.5) is 19.7 Å². The third kappa shape index (κ3) is 6.02. The van der Waals surface area contributed by atoms with E-state index in [2.05, 4.69) is 36.5 Å². The predicted octanol–water partition coefficient (Wildman–Crippen LogP) is 6.18. The van der Waals surface area contributed by atoms with Crippen LogP contribution in [0.2, 0.25) is 0 Å². The molecule has 1 saturated heterocycles. The van der Waals surface area contributed by atoms with Crippen molar-refractivity contribution in [1.82, 2.24) is 9.80 Å². The van der Waals surface area contributed by atoms with Gasteiger partial charge in [-0.1, -0.05) is 48.0 Å². The molecule has 2 aromatic rings. The number of piperidine rings is 1. The maximum absolute atomic E-state index is 14.9. The Morgan fingerprint density at radius 2 is 1.71 bits per heavy atom. The first kappa shape index (κ1) is 24.8. The zero-order valence-electron chi connectivity index (χ0n) is 20.9. The van der Waals surface area contributed by atoms with Gasteiger partial charge in [0.2, 0.25) is 0 Å². The summed E-state index contributed by atoms with van der Waals surface area (Å²) in [5.74, 6) is -0.0758. The smallest absolute Gasteiger partial charge is 0.410 e. The Kier molecular flexibility index (Phi) is 7.15. The summed E-state index contributed by atoms with van der Waals surface area (Å²) in [4.78, 5) is 28.8. The number of hydrogen-bond donors (Lipinski definition) is 1. The van der Waals surface area contributed by atoms with Gasteiger partial charge in [-0.05, 0) is 63.7 Å². The zero-order valence-corrected chi connectivity index (χ0v) is 20.9. The second kappa shape index (κ2) is 10.1. The first-order chi connectivity index (χ1) is 16.6. The summed E-state index contributed by atoms with van der Waals surface area (Å²) in [6, 6.07) is 13.0. The largest absolute Gasteiger partial charge is 0.444 e. The number of urea groups is 1. The number of likely N-dealkylation sites (tertiary alicyclic amines) is 1. The maximum atomic E-state index is 14.9. The van der Waals surface area contributed by atoms with Crippen LogP contribution in [-0.4, -0.2) is 53.7 Å². The molecular weight excluding hydrogens is 445 g/mol. The molecule has 0 bridgehead atoms. The van der Waals surface area contributed by atoms with Crippen molar-refractivity contribution in [3.8, 4) is 0 Å². The molecule has 0 aliphatic carbocycles. The van der Waals surface area contributed by atoms with Gasteiger partial charge in [0.15, 0.2) is 0 Å². The molecule has 0 spiro atoms. The highest BCUT2D eigenvalue weighted by Crippen LogP contribution is 2.32. The zero-order chi connectivity index (χ0) is 25.2. The molecule has 4 rings (SSSR count). The highest BCUT2D eigenvalue weighted by atomic mass is 19.1. The van der Waals surface area contributed by atoms with E-state index < -0.39 is 17.5 Å². The van der Waals surface area contributed by atoms with Gasteiger partial charge in [0.1, 0.15) is 11.4 Å². The monoisotopic (exact) mass is 479 g/mol. The SMILES string of the molecule is Cc1ccc(C2CCN(C(=O)Nc3c(F)cccc3C3=CCN(C(=O)OC(C)(C)C)C3)CC2)cc1. The van der Waals surface area contributed by atoms with Crippen LogP contribution in [-0.2, 0) is 4.74 Å². The van der Waals surface area contributed by atoms with E-state index >= 15 is 0 Å². The Balaban J connectivity index is 1.40. The maximum Gasteiger partial charge on any atom is 0.410 e. The third-order valence-electron chi connectivity index (χ3n) is 6.49. The van der Waals surface area contributed by atoms with Crippen LogP contribution in [0, 0.1) is 12.7 Å². The number of amides is 3. The Morgan fingerprint density at radius 3 is 2.37 bits per heavy atom. The number of ether oxygens (including phenoxy) is 1. The van der Waals surface area contributed by atoms with Crippen LogP contribution in [0.15, 0.2) is 48.5 Å². The fourth-order valence-corrected chi connectivity index (χ4v) is 4.58. The van der Waals surface area contributed by atoms with Crippen molar-refractivity contribution in [2.24, 2.45) is 0 Å². The van der Waals surface area contributed by atoms with Crippen LogP contribution < -0.4 is 5.32 Å². The van der Waals surface area contributed by atoms with Crippen LogP contribution >= 0.6 is 0 Å². The molecule has 0 aromatic heterocycles. The van der Waals surface area contributed by atoms with E-state index in [0.717, 1.165) is 18.4 Å². The number of aryl methyl sites for hydroxylation is 1. The lowest BCUT2D eigenvalue weighted by Gasteiger charge is -2.32. The minimum Gasteiger partial charge on any atom is -0.444 e. The topological polar surface area (TPSA) is 61.9 Å². The summed E-state index contributed by atoms with van der Waals surface area (Å²) < 4.78 is 20.3. The van der Waals surface area contributed by atoms with Gasteiger partial charge < -0.3 is 19.9 Å². The molecule has 7 heteroatoms. The molecule has 0 radical (unpaired) electrons. The Bertz CT molecular complexity index is 1110. The van der Waals surface area contributed by atoms with Gasteiger partial charge in [-0.25, -0.2) is 14.0 Å². The van der Waals surface area contributed by atoms with Crippen molar-refractivity contribution in [1.29, 1.82) is 0 Å². The Labute approximate surface area is 206 Å². The molecule has 3 amide bonds. The van der Waals surface area contributed by atoms with Crippen molar-refractivity contribution in [2.45, 2.75) is 52.1 Å². The first-order valence-corrected chi connectivity index (χ1v) is 12.2.